The maximum Gasteiger partial charge on any atom is 0.256 e. The van der Waals surface area contributed by atoms with Crippen molar-refractivity contribution >= 4 is 17.3 Å². The molecule has 0 saturated heterocycles. The molecule has 0 unspecified atom stereocenters. The summed E-state index contributed by atoms with van der Waals surface area (Å²) in [7, 11) is 1.44. The second kappa shape index (κ2) is 4.49. The lowest BCUT2D eigenvalue weighted by Crippen LogP contribution is -2.38. The number of carbonyl (C=O) groups excluding carboxylic acids is 1. The molecule has 88 valence electrons. The molecule has 5 heteroatoms. The van der Waals surface area contributed by atoms with Crippen molar-refractivity contribution < 1.29 is 13.9 Å². The van der Waals surface area contributed by atoms with Gasteiger partial charge in [0.2, 0.25) is 0 Å². The first-order valence-electron chi connectivity index (χ1n) is 4.78. The molecule has 0 spiro atoms. The largest absolute Gasteiger partial charge is 0.396 e. The quantitative estimate of drug-likeness (QED) is 0.772. The summed E-state index contributed by atoms with van der Waals surface area (Å²) in [5, 5.41) is 2.59. The second-order valence-corrected chi connectivity index (χ2v) is 3.90. The molecule has 0 bridgehead atoms. The van der Waals surface area contributed by atoms with Crippen LogP contribution in [-0.4, -0.2) is 18.6 Å². The molecule has 0 aliphatic heterocycles. The third-order valence-electron chi connectivity index (χ3n) is 2.31. The number of amides is 1. The highest BCUT2D eigenvalue weighted by molar-refractivity contribution is 5.97. The summed E-state index contributed by atoms with van der Waals surface area (Å²) in [6.07, 6.45) is 0. The molecule has 0 fully saturated rings. The van der Waals surface area contributed by atoms with Crippen molar-refractivity contribution in [1.82, 2.24) is 0 Å². The summed E-state index contributed by atoms with van der Waals surface area (Å²) < 4.78 is 17.9. The number of halogens is 1. The van der Waals surface area contributed by atoms with Crippen LogP contribution in [0.4, 0.5) is 15.8 Å². The lowest BCUT2D eigenvalue weighted by molar-refractivity contribution is -0.133. The van der Waals surface area contributed by atoms with E-state index in [2.05, 4.69) is 5.32 Å². The number of benzene rings is 1. The summed E-state index contributed by atoms with van der Waals surface area (Å²) in [5.41, 5.74) is 4.87. The maximum atomic E-state index is 12.9. The Hall–Kier alpha value is -1.62. The van der Waals surface area contributed by atoms with Crippen LogP contribution < -0.4 is 11.1 Å². The van der Waals surface area contributed by atoms with Gasteiger partial charge < -0.3 is 15.8 Å². The highest BCUT2D eigenvalue weighted by Gasteiger charge is 2.26. The number of ether oxygens (including phenoxy) is 1. The first-order chi connectivity index (χ1) is 7.36. The number of anilines is 2. The van der Waals surface area contributed by atoms with Crippen LogP contribution >= 0.6 is 0 Å². The molecule has 4 nitrogen and oxygen atoms in total. The molecule has 1 rings (SSSR count). The van der Waals surface area contributed by atoms with Gasteiger partial charge in [-0.2, -0.15) is 0 Å². The van der Waals surface area contributed by atoms with Gasteiger partial charge in [-0.25, -0.2) is 4.39 Å². The fourth-order valence-electron chi connectivity index (χ4n) is 0.996. The van der Waals surface area contributed by atoms with Crippen molar-refractivity contribution in [2.45, 2.75) is 19.4 Å². The molecule has 0 saturated carbocycles. The van der Waals surface area contributed by atoms with Gasteiger partial charge in [0.25, 0.3) is 5.91 Å². The average Bonchev–Trinajstić information content (AvgIpc) is 2.23. The summed E-state index contributed by atoms with van der Waals surface area (Å²) in [5.74, 6) is -0.829. The lowest BCUT2D eigenvalue weighted by atomic mass is 10.1. The number of methoxy groups -OCH3 is 1. The van der Waals surface area contributed by atoms with Crippen LogP contribution in [0.15, 0.2) is 18.2 Å². The van der Waals surface area contributed by atoms with Crippen molar-refractivity contribution in [3.63, 3.8) is 0 Å². The zero-order valence-electron chi connectivity index (χ0n) is 9.50. The van der Waals surface area contributed by atoms with E-state index in [1.807, 2.05) is 0 Å². The van der Waals surface area contributed by atoms with Gasteiger partial charge in [-0.3, -0.25) is 4.79 Å². The maximum absolute atomic E-state index is 12.9. The highest BCUT2D eigenvalue weighted by Crippen LogP contribution is 2.18. The second-order valence-electron chi connectivity index (χ2n) is 3.90. The summed E-state index contributed by atoms with van der Waals surface area (Å²) in [6.45, 7) is 3.27. The molecule has 0 aromatic heterocycles. The normalized spacial score (nSPS) is 11.2. The van der Waals surface area contributed by atoms with E-state index < -0.39 is 11.4 Å². The summed E-state index contributed by atoms with van der Waals surface area (Å²) >= 11 is 0. The van der Waals surface area contributed by atoms with Crippen LogP contribution in [0.25, 0.3) is 0 Å². The molecule has 0 radical (unpaired) electrons. The molecule has 0 heterocycles. The van der Waals surface area contributed by atoms with Crippen LogP contribution in [-0.2, 0) is 9.53 Å². The molecule has 1 aromatic carbocycles. The summed E-state index contributed by atoms with van der Waals surface area (Å²) in [4.78, 5) is 11.7. The standard InChI is InChI=1S/C11H15FN2O2/c1-11(2,16-3)10(15)14-7-4-5-8(12)9(13)6-7/h4-6H,13H2,1-3H3,(H,14,15). The number of hydrogen-bond donors (Lipinski definition) is 2. The van der Waals surface area contributed by atoms with Gasteiger partial charge in [-0.15, -0.1) is 0 Å². The Morgan fingerprint density at radius 2 is 2.12 bits per heavy atom. The molecule has 0 atom stereocenters. The van der Waals surface area contributed by atoms with Gasteiger partial charge in [-0.05, 0) is 32.0 Å². The van der Waals surface area contributed by atoms with E-state index in [-0.39, 0.29) is 11.6 Å². The van der Waals surface area contributed by atoms with Crippen LogP contribution in [0.2, 0.25) is 0 Å². The van der Waals surface area contributed by atoms with Crippen LogP contribution in [0.3, 0.4) is 0 Å². The number of rotatable bonds is 3. The molecular formula is C11H15FN2O2. The highest BCUT2D eigenvalue weighted by atomic mass is 19.1. The van der Waals surface area contributed by atoms with E-state index in [4.69, 9.17) is 10.5 Å². The third kappa shape index (κ3) is 2.70. The van der Waals surface area contributed by atoms with E-state index >= 15 is 0 Å². The Kier molecular flexibility index (Phi) is 3.49. The Morgan fingerprint density at radius 3 is 2.62 bits per heavy atom. The Balaban J connectivity index is 2.82. The number of nitrogen functional groups attached to an aromatic ring is 1. The Morgan fingerprint density at radius 1 is 1.50 bits per heavy atom. The Labute approximate surface area is 93.6 Å². The van der Waals surface area contributed by atoms with E-state index in [9.17, 15) is 9.18 Å². The van der Waals surface area contributed by atoms with Crippen molar-refractivity contribution in [2.75, 3.05) is 18.2 Å². The minimum atomic E-state index is -0.941. The van der Waals surface area contributed by atoms with Crippen molar-refractivity contribution in [1.29, 1.82) is 0 Å². The molecule has 0 aliphatic carbocycles. The lowest BCUT2D eigenvalue weighted by Gasteiger charge is -2.21. The topological polar surface area (TPSA) is 64.3 Å². The van der Waals surface area contributed by atoms with E-state index in [0.717, 1.165) is 0 Å². The molecule has 0 aliphatic rings. The molecule has 1 amide bonds. The van der Waals surface area contributed by atoms with Crippen LogP contribution in [0, 0.1) is 5.82 Å². The number of hydrogen-bond acceptors (Lipinski definition) is 3. The Bertz CT molecular complexity index is 405. The predicted octanol–water partition coefficient (Wildman–Crippen LogP) is 1.77. The number of carbonyl (C=O) groups is 1. The van der Waals surface area contributed by atoms with Gasteiger partial charge in [-0.1, -0.05) is 0 Å². The molecule has 3 N–H and O–H groups in total. The van der Waals surface area contributed by atoms with E-state index in [1.54, 1.807) is 13.8 Å². The fourth-order valence-corrected chi connectivity index (χ4v) is 0.996. The van der Waals surface area contributed by atoms with Gasteiger partial charge in [0.05, 0.1) is 5.69 Å². The van der Waals surface area contributed by atoms with Gasteiger partial charge in [0.1, 0.15) is 11.4 Å². The van der Waals surface area contributed by atoms with Gasteiger partial charge in [0, 0.05) is 12.8 Å². The summed E-state index contributed by atoms with van der Waals surface area (Å²) in [6, 6.07) is 4.00. The smallest absolute Gasteiger partial charge is 0.256 e. The zero-order valence-corrected chi connectivity index (χ0v) is 9.50. The first-order valence-corrected chi connectivity index (χ1v) is 4.78. The SMILES string of the molecule is COC(C)(C)C(=O)Nc1ccc(F)c(N)c1. The van der Waals surface area contributed by atoms with Crippen molar-refractivity contribution in [3.05, 3.63) is 24.0 Å². The van der Waals surface area contributed by atoms with E-state index in [0.29, 0.717) is 5.69 Å². The third-order valence-corrected chi connectivity index (χ3v) is 2.31. The predicted molar refractivity (Wildman–Crippen MR) is 60.5 cm³/mol. The zero-order chi connectivity index (χ0) is 12.3. The van der Waals surface area contributed by atoms with Crippen LogP contribution in [0.5, 0.6) is 0 Å². The fraction of sp³-hybridized carbons (Fsp3) is 0.364. The minimum Gasteiger partial charge on any atom is -0.396 e. The average molecular weight is 226 g/mol. The van der Waals surface area contributed by atoms with Gasteiger partial charge >= 0.3 is 0 Å². The van der Waals surface area contributed by atoms with E-state index in [1.165, 1.54) is 25.3 Å². The number of nitrogens with two attached hydrogens (primary N) is 1. The first kappa shape index (κ1) is 12.4. The molecular weight excluding hydrogens is 211 g/mol. The number of nitrogens with one attached hydrogen (secondary N) is 1. The molecule has 1 aromatic rings. The van der Waals surface area contributed by atoms with Crippen molar-refractivity contribution in [2.24, 2.45) is 0 Å². The van der Waals surface area contributed by atoms with Gasteiger partial charge in [0.15, 0.2) is 0 Å². The van der Waals surface area contributed by atoms with Crippen LogP contribution in [0.1, 0.15) is 13.8 Å². The monoisotopic (exact) mass is 226 g/mol. The molecule has 16 heavy (non-hydrogen) atoms. The minimum absolute atomic E-state index is 0.00646. The van der Waals surface area contributed by atoms with Crippen molar-refractivity contribution in [3.8, 4) is 0 Å².